The molecule has 0 bridgehead atoms. The number of carbonyl (C=O) groups is 2. The van der Waals surface area contributed by atoms with Crippen molar-refractivity contribution in [1.82, 2.24) is 10.2 Å². The number of nitrogens with one attached hydrogen (secondary N) is 1. The largest absolute Gasteiger partial charge is 0.392 e. The van der Waals surface area contributed by atoms with Gasteiger partial charge in [0.25, 0.3) is 0 Å². The number of hydrogen-bond donors (Lipinski definition) is 1. The Balaban J connectivity index is 2.22. The van der Waals surface area contributed by atoms with Gasteiger partial charge in [0.05, 0.1) is 5.92 Å². The van der Waals surface area contributed by atoms with E-state index in [2.05, 4.69) is 5.32 Å². The van der Waals surface area contributed by atoms with Crippen LogP contribution in [0, 0.1) is 11.8 Å². The molecule has 2 atom stereocenters. The Morgan fingerprint density at radius 3 is 2.52 bits per heavy atom. The van der Waals surface area contributed by atoms with Crippen LogP contribution in [0.15, 0.2) is 0 Å². The van der Waals surface area contributed by atoms with Gasteiger partial charge in [-0.3, -0.25) is 9.59 Å². The quantitative estimate of drug-likeness (QED) is 0.806. The van der Waals surface area contributed by atoms with E-state index in [1.54, 1.807) is 13.8 Å². The monoisotopic (exact) mass is 306 g/mol. The summed E-state index contributed by atoms with van der Waals surface area (Å²) in [6, 6.07) is 0. The van der Waals surface area contributed by atoms with Crippen molar-refractivity contribution >= 4 is 11.8 Å². The van der Waals surface area contributed by atoms with Crippen molar-refractivity contribution in [2.45, 2.75) is 51.2 Å². The topological polar surface area (TPSA) is 49.4 Å². The third-order valence-electron chi connectivity index (χ3n) is 4.62. The predicted octanol–water partition coefficient (Wildman–Crippen LogP) is 2.09. The molecule has 2 amide bonds. The lowest BCUT2D eigenvalue weighted by atomic mass is 9.77. The van der Waals surface area contributed by atoms with Crippen molar-refractivity contribution in [3.8, 4) is 0 Å². The maximum atomic E-state index is 13.1. The highest BCUT2D eigenvalue weighted by Gasteiger charge is 2.51. The van der Waals surface area contributed by atoms with Crippen LogP contribution in [0.1, 0.15) is 39.5 Å². The van der Waals surface area contributed by atoms with E-state index in [1.807, 2.05) is 0 Å². The minimum atomic E-state index is -4.36. The maximum Gasteiger partial charge on any atom is 0.392 e. The van der Waals surface area contributed by atoms with Crippen LogP contribution < -0.4 is 5.32 Å². The Labute approximate surface area is 122 Å². The molecule has 21 heavy (non-hydrogen) atoms. The van der Waals surface area contributed by atoms with Crippen LogP contribution in [0.3, 0.4) is 0 Å². The molecule has 7 heteroatoms. The van der Waals surface area contributed by atoms with E-state index in [-0.39, 0.29) is 31.8 Å². The number of piperazine rings is 1. The smallest absolute Gasteiger partial charge is 0.352 e. The Bertz CT molecular complexity index is 434. The van der Waals surface area contributed by atoms with E-state index in [4.69, 9.17) is 0 Å². The van der Waals surface area contributed by atoms with Gasteiger partial charge >= 0.3 is 6.18 Å². The second-order valence-corrected chi connectivity index (χ2v) is 6.34. The third kappa shape index (κ3) is 3.01. The molecule has 1 N–H and O–H groups in total. The molecule has 0 radical (unpaired) electrons. The first-order valence-electron chi connectivity index (χ1n) is 7.32. The van der Waals surface area contributed by atoms with Crippen molar-refractivity contribution in [3.05, 3.63) is 0 Å². The summed E-state index contributed by atoms with van der Waals surface area (Å²) in [4.78, 5) is 25.8. The average Bonchev–Trinajstić information content (AvgIpc) is 2.40. The van der Waals surface area contributed by atoms with Gasteiger partial charge in [-0.2, -0.15) is 13.2 Å². The molecule has 2 unspecified atom stereocenters. The van der Waals surface area contributed by atoms with Crippen LogP contribution in [-0.2, 0) is 9.59 Å². The van der Waals surface area contributed by atoms with E-state index < -0.39 is 29.5 Å². The van der Waals surface area contributed by atoms with Gasteiger partial charge in [0.2, 0.25) is 11.8 Å². The van der Waals surface area contributed by atoms with E-state index in [0.29, 0.717) is 12.8 Å². The number of amides is 2. The first kappa shape index (κ1) is 16.1. The summed E-state index contributed by atoms with van der Waals surface area (Å²) in [6.07, 6.45) is -2.98. The van der Waals surface area contributed by atoms with Gasteiger partial charge < -0.3 is 10.2 Å². The summed E-state index contributed by atoms with van der Waals surface area (Å²) < 4.78 is 39.4. The Morgan fingerprint density at radius 2 is 1.90 bits per heavy atom. The molecule has 1 saturated carbocycles. The van der Waals surface area contributed by atoms with E-state index in [1.165, 1.54) is 4.90 Å². The fraction of sp³-hybridized carbons (Fsp3) is 0.857. The number of rotatable bonds is 1. The van der Waals surface area contributed by atoms with Crippen LogP contribution in [0.2, 0.25) is 0 Å². The fourth-order valence-electron chi connectivity index (χ4n) is 3.30. The zero-order chi connectivity index (χ0) is 15.8. The molecule has 2 rings (SSSR count). The van der Waals surface area contributed by atoms with Gasteiger partial charge in [-0.1, -0.05) is 12.8 Å². The summed E-state index contributed by atoms with van der Waals surface area (Å²) in [5.41, 5.74) is -1.09. The van der Waals surface area contributed by atoms with Crippen LogP contribution in [0.5, 0.6) is 0 Å². The van der Waals surface area contributed by atoms with Gasteiger partial charge in [0.15, 0.2) is 0 Å². The van der Waals surface area contributed by atoms with Gasteiger partial charge in [-0.15, -0.1) is 0 Å². The summed E-state index contributed by atoms with van der Waals surface area (Å²) >= 11 is 0. The minimum absolute atomic E-state index is 0.000369. The molecular weight excluding hydrogens is 285 g/mol. The molecular formula is C14H21F3N2O2. The summed E-state index contributed by atoms with van der Waals surface area (Å²) in [5, 5.41) is 2.65. The molecule has 2 fully saturated rings. The molecule has 1 heterocycles. The second kappa shape index (κ2) is 5.50. The van der Waals surface area contributed by atoms with Gasteiger partial charge in [-0.25, -0.2) is 0 Å². The first-order chi connectivity index (χ1) is 9.65. The SMILES string of the molecule is CC1(C)C(=O)NCCN1C(=O)C1CCCCC1C(F)(F)F. The lowest BCUT2D eigenvalue weighted by Gasteiger charge is -2.44. The zero-order valence-corrected chi connectivity index (χ0v) is 12.3. The molecule has 0 aromatic heterocycles. The van der Waals surface area contributed by atoms with Crippen LogP contribution in [0.4, 0.5) is 13.2 Å². The number of carbonyl (C=O) groups excluding carboxylic acids is 2. The Morgan fingerprint density at radius 1 is 1.29 bits per heavy atom. The number of nitrogens with zero attached hydrogens (tertiary/aromatic N) is 1. The normalized spacial score (nSPS) is 30.0. The highest BCUT2D eigenvalue weighted by Crippen LogP contribution is 2.42. The molecule has 1 aliphatic carbocycles. The van der Waals surface area contributed by atoms with E-state index in [0.717, 1.165) is 0 Å². The molecule has 2 aliphatic rings. The number of halogens is 3. The highest BCUT2D eigenvalue weighted by atomic mass is 19.4. The predicted molar refractivity (Wildman–Crippen MR) is 70.3 cm³/mol. The fourth-order valence-corrected chi connectivity index (χ4v) is 3.30. The van der Waals surface area contributed by atoms with E-state index >= 15 is 0 Å². The molecule has 1 aliphatic heterocycles. The van der Waals surface area contributed by atoms with Crippen molar-refractivity contribution in [1.29, 1.82) is 0 Å². The minimum Gasteiger partial charge on any atom is -0.352 e. The summed E-state index contributed by atoms with van der Waals surface area (Å²) in [7, 11) is 0. The van der Waals surface area contributed by atoms with Gasteiger partial charge in [-0.05, 0) is 26.7 Å². The maximum absolute atomic E-state index is 13.1. The molecule has 1 saturated heterocycles. The van der Waals surface area contributed by atoms with Crippen molar-refractivity contribution < 1.29 is 22.8 Å². The molecule has 4 nitrogen and oxygen atoms in total. The van der Waals surface area contributed by atoms with Crippen molar-refractivity contribution in [3.63, 3.8) is 0 Å². The molecule has 120 valence electrons. The van der Waals surface area contributed by atoms with Crippen LogP contribution in [0.25, 0.3) is 0 Å². The van der Waals surface area contributed by atoms with Crippen LogP contribution >= 0.6 is 0 Å². The summed E-state index contributed by atoms with van der Waals surface area (Å²) in [5.74, 6) is -3.48. The van der Waals surface area contributed by atoms with Gasteiger partial charge in [0, 0.05) is 19.0 Å². The lowest BCUT2D eigenvalue weighted by molar-refractivity contribution is -0.202. The number of hydrogen-bond acceptors (Lipinski definition) is 2. The number of alkyl halides is 3. The standard InChI is InChI=1S/C14H21F3N2O2/c1-13(2)12(21)18-7-8-19(13)11(20)9-5-3-4-6-10(9)14(15,16)17/h9-10H,3-8H2,1-2H3,(H,18,21). The highest BCUT2D eigenvalue weighted by molar-refractivity contribution is 5.92. The second-order valence-electron chi connectivity index (χ2n) is 6.34. The molecule has 0 aromatic rings. The van der Waals surface area contributed by atoms with Crippen molar-refractivity contribution in [2.24, 2.45) is 11.8 Å². The third-order valence-corrected chi connectivity index (χ3v) is 4.62. The van der Waals surface area contributed by atoms with Gasteiger partial charge in [0.1, 0.15) is 5.54 Å². The first-order valence-corrected chi connectivity index (χ1v) is 7.32. The summed E-state index contributed by atoms with van der Waals surface area (Å²) in [6.45, 7) is 3.70. The molecule has 0 spiro atoms. The molecule has 0 aromatic carbocycles. The Hall–Kier alpha value is -1.27. The average molecular weight is 306 g/mol. The zero-order valence-electron chi connectivity index (χ0n) is 12.3. The van der Waals surface area contributed by atoms with Crippen molar-refractivity contribution in [2.75, 3.05) is 13.1 Å². The lowest BCUT2D eigenvalue weighted by Crippen LogP contribution is -2.65. The van der Waals surface area contributed by atoms with E-state index in [9.17, 15) is 22.8 Å². The van der Waals surface area contributed by atoms with Crippen LogP contribution in [-0.4, -0.2) is 41.5 Å². The Kier molecular flexibility index (Phi) is 4.22.